The molecule has 48 heavy (non-hydrogen) atoms. The first-order valence-corrected chi connectivity index (χ1v) is 18.6. The van der Waals surface area contributed by atoms with Crippen molar-refractivity contribution in [2.75, 3.05) is 40.0 Å². The molecule has 10 heteroatoms. The van der Waals surface area contributed by atoms with Gasteiger partial charge in [0.15, 0.2) is 0 Å². The standard InChI is InChI=1S/C38H61ClN4O5/c1-28(30-18-11-9-12-19-30)26-47-24-15-7-8-16-25-48-27-32(31-20-13-10-14-21-31)40-36(45)33-22-17-23-43(33)37(46)34(38(3,4)5)41-35(44)29(2)42(6)39/h28-34H,9-14,17-27H2,1-6H3,(H,40,45)(H,41,44)/t28-,29+,32-,33+,34-/m1/s1. The van der Waals surface area contributed by atoms with Gasteiger partial charge in [0, 0.05) is 13.6 Å². The van der Waals surface area contributed by atoms with E-state index in [4.69, 9.17) is 21.3 Å². The summed E-state index contributed by atoms with van der Waals surface area (Å²) in [5.41, 5.74) is -0.565. The summed E-state index contributed by atoms with van der Waals surface area (Å²) in [5, 5.41) is 6.17. The molecule has 3 aliphatic rings. The minimum atomic E-state index is -0.798. The summed E-state index contributed by atoms with van der Waals surface area (Å²) in [6, 6.07) is -2.18. The van der Waals surface area contributed by atoms with Crippen LogP contribution in [0.25, 0.3) is 0 Å². The summed E-state index contributed by atoms with van der Waals surface area (Å²) in [5.74, 6) is 12.6. The van der Waals surface area contributed by atoms with Gasteiger partial charge in [-0.3, -0.25) is 14.4 Å². The second-order valence-corrected chi connectivity index (χ2v) is 15.8. The molecule has 0 spiro atoms. The summed E-state index contributed by atoms with van der Waals surface area (Å²) in [7, 11) is 1.60. The third-order valence-corrected chi connectivity index (χ3v) is 10.7. The summed E-state index contributed by atoms with van der Waals surface area (Å²) in [6.07, 6.45) is 13.5. The Morgan fingerprint density at radius 3 is 1.96 bits per heavy atom. The molecule has 3 amide bonds. The Kier molecular flexibility index (Phi) is 17.0. The van der Waals surface area contributed by atoms with Gasteiger partial charge < -0.3 is 25.0 Å². The van der Waals surface area contributed by atoms with Crippen molar-refractivity contribution in [1.82, 2.24) is 20.0 Å². The van der Waals surface area contributed by atoms with Gasteiger partial charge in [-0.2, -0.15) is 0 Å². The third-order valence-electron chi connectivity index (χ3n) is 10.4. The van der Waals surface area contributed by atoms with E-state index >= 15 is 0 Å². The number of nitrogens with one attached hydrogen (secondary N) is 2. The summed E-state index contributed by atoms with van der Waals surface area (Å²) >= 11 is 6.01. The van der Waals surface area contributed by atoms with E-state index < -0.39 is 23.5 Å². The van der Waals surface area contributed by atoms with Crippen LogP contribution in [0.15, 0.2) is 0 Å². The lowest BCUT2D eigenvalue weighted by Gasteiger charge is -2.37. The number of hydrogen-bond donors (Lipinski definition) is 2. The third kappa shape index (κ3) is 12.9. The highest BCUT2D eigenvalue weighted by atomic mass is 35.5. The Labute approximate surface area is 295 Å². The number of rotatable bonds is 14. The van der Waals surface area contributed by atoms with Crippen molar-refractivity contribution < 1.29 is 23.9 Å². The van der Waals surface area contributed by atoms with Crippen LogP contribution in [0.2, 0.25) is 0 Å². The van der Waals surface area contributed by atoms with Crippen LogP contribution in [0.5, 0.6) is 0 Å². The molecule has 3 fully saturated rings. The van der Waals surface area contributed by atoms with Gasteiger partial charge in [-0.1, -0.05) is 90.9 Å². The van der Waals surface area contributed by atoms with Crippen LogP contribution in [0.4, 0.5) is 0 Å². The fourth-order valence-corrected chi connectivity index (χ4v) is 7.27. The molecule has 2 N–H and O–H groups in total. The van der Waals surface area contributed by atoms with E-state index in [1.54, 1.807) is 18.9 Å². The zero-order valence-corrected chi connectivity index (χ0v) is 31.1. The second-order valence-electron chi connectivity index (χ2n) is 15.2. The number of likely N-dealkylation sites (N-methyl/N-ethyl adjacent to an activating group) is 1. The van der Waals surface area contributed by atoms with E-state index in [0.29, 0.717) is 38.0 Å². The molecule has 0 unspecified atom stereocenters. The predicted molar refractivity (Wildman–Crippen MR) is 191 cm³/mol. The number of likely N-dealkylation sites (tertiary alicyclic amines) is 1. The fraction of sp³-hybridized carbons (Fsp3) is 0.816. The van der Waals surface area contributed by atoms with Gasteiger partial charge in [0.05, 0.1) is 19.3 Å². The molecule has 270 valence electrons. The molecule has 0 aromatic rings. The van der Waals surface area contributed by atoms with Gasteiger partial charge in [-0.25, -0.2) is 4.42 Å². The molecule has 1 saturated heterocycles. The largest absolute Gasteiger partial charge is 0.368 e. The predicted octanol–water partition coefficient (Wildman–Crippen LogP) is 5.30. The molecular weight excluding hydrogens is 628 g/mol. The minimum absolute atomic E-state index is 0.164. The van der Waals surface area contributed by atoms with E-state index in [1.807, 2.05) is 20.8 Å². The van der Waals surface area contributed by atoms with Crippen molar-refractivity contribution in [3.8, 4) is 23.7 Å². The minimum Gasteiger partial charge on any atom is -0.368 e. The number of carbonyl (C=O) groups is 3. The van der Waals surface area contributed by atoms with Crippen molar-refractivity contribution in [3.63, 3.8) is 0 Å². The van der Waals surface area contributed by atoms with Gasteiger partial charge >= 0.3 is 0 Å². The zero-order valence-electron chi connectivity index (χ0n) is 30.4. The van der Waals surface area contributed by atoms with Crippen molar-refractivity contribution >= 4 is 29.5 Å². The average Bonchev–Trinajstić information content (AvgIpc) is 3.57. The molecule has 1 heterocycles. The van der Waals surface area contributed by atoms with Crippen molar-refractivity contribution in [2.24, 2.45) is 23.2 Å². The van der Waals surface area contributed by atoms with Crippen LogP contribution < -0.4 is 10.6 Å². The number of amides is 3. The molecule has 1 aliphatic heterocycles. The Morgan fingerprint density at radius 1 is 0.833 bits per heavy atom. The number of ether oxygens (including phenoxy) is 2. The summed E-state index contributed by atoms with van der Waals surface area (Å²) in [6.45, 7) is 11.9. The topological polar surface area (TPSA) is 100 Å². The van der Waals surface area contributed by atoms with E-state index in [2.05, 4.69) is 41.2 Å². The maximum absolute atomic E-state index is 13.9. The molecule has 9 nitrogen and oxygen atoms in total. The van der Waals surface area contributed by atoms with Crippen molar-refractivity contribution in [1.29, 1.82) is 0 Å². The molecule has 0 aromatic heterocycles. The quantitative estimate of drug-likeness (QED) is 0.146. The first-order chi connectivity index (χ1) is 22.9. The van der Waals surface area contributed by atoms with Gasteiger partial charge in [0.2, 0.25) is 17.7 Å². The van der Waals surface area contributed by atoms with Crippen LogP contribution in [0.3, 0.4) is 0 Å². The Morgan fingerprint density at radius 2 is 1.40 bits per heavy atom. The Balaban J connectivity index is 1.53. The maximum atomic E-state index is 13.9. The summed E-state index contributed by atoms with van der Waals surface area (Å²) in [4.78, 5) is 42.2. The van der Waals surface area contributed by atoms with Gasteiger partial charge in [-0.15, -0.1) is 0 Å². The number of carbonyl (C=O) groups excluding carboxylic acids is 3. The van der Waals surface area contributed by atoms with Crippen LogP contribution in [-0.2, 0) is 23.9 Å². The molecule has 2 aliphatic carbocycles. The molecule has 5 atom stereocenters. The zero-order chi connectivity index (χ0) is 35.1. The SMILES string of the molecule is C[C@H](COCC#CC#CCOC[C@@H](NC(=O)[C@@H]1CCCN1C(=O)[C@@H](NC(=O)[C@H](C)N(C)Cl)C(C)(C)C)C1CCCCC1)C1CCCCC1. The average molecular weight is 689 g/mol. The van der Waals surface area contributed by atoms with E-state index in [-0.39, 0.29) is 30.4 Å². The maximum Gasteiger partial charge on any atom is 0.246 e. The van der Waals surface area contributed by atoms with E-state index in [1.165, 1.54) is 42.9 Å². The molecular formula is C38H61ClN4O5. The normalized spacial score (nSPS) is 21.7. The first-order valence-electron chi connectivity index (χ1n) is 18.3. The first kappa shape index (κ1) is 40.1. The van der Waals surface area contributed by atoms with Crippen molar-refractivity contribution in [2.45, 2.75) is 136 Å². The monoisotopic (exact) mass is 688 g/mol. The smallest absolute Gasteiger partial charge is 0.246 e. The highest BCUT2D eigenvalue weighted by Crippen LogP contribution is 2.31. The second kappa shape index (κ2) is 20.4. The van der Waals surface area contributed by atoms with Gasteiger partial charge in [-0.05, 0) is 79.4 Å². The lowest BCUT2D eigenvalue weighted by Crippen LogP contribution is -2.60. The fourth-order valence-electron chi connectivity index (χ4n) is 7.19. The summed E-state index contributed by atoms with van der Waals surface area (Å²) < 4.78 is 13.0. The Hall–Kier alpha value is -2.30. The van der Waals surface area contributed by atoms with Gasteiger partial charge in [0.1, 0.15) is 31.3 Å². The Bertz CT molecular complexity index is 1150. The van der Waals surface area contributed by atoms with Crippen molar-refractivity contribution in [3.05, 3.63) is 0 Å². The molecule has 2 saturated carbocycles. The van der Waals surface area contributed by atoms with Crippen LogP contribution >= 0.6 is 11.8 Å². The molecule has 3 rings (SSSR count). The highest BCUT2D eigenvalue weighted by molar-refractivity contribution is 6.14. The lowest BCUT2D eigenvalue weighted by atomic mass is 9.81. The van der Waals surface area contributed by atoms with Gasteiger partial charge in [0.25, 0.3) is 0 Å². The number of halogens is 1. The van der Waals surface area contributed by atoms with E-state index in [0.717, 1.165) is 44.6 Å². The van der Waals surface area contributed by atoms with Crippen LogP contribution in [0, 0.1) is 46.9 Å². The molecule has 0 radical (unpaired) electrons. The van der Waals surface area contributed by atoms with Crippen LogP contribution in [0.1, 0.15) is 112 Å². The molecule has 0 aromatic carbocycles. The highest BCUT2D eigenvalue weighted by Gasteiger charge is 2.43. The molecule has 0 bridgehead atoms. The number of hydrogen-bond acceptors (Lipinski definition) is 6. The van der Waals surface area contributed by atoms with E-state index in [9.17, 15) is 14.4 Å². The lowest BCUT2D eigenvalue weighted by molar-refractivity contribution is -0.144. The van der Waals surface area contributed by atoms with Crippen LogP contribution in [-0.4, -0.2) is 91.2 Å². The number of nitrogens with zero attached hydrogens (tertiary/aromatic N) is 2.